The Bertz CT molecular complexity index is 272. The standard InChI is InChI=1S/C12H14.2C2H6/c1-3-8-12-10-7-5-6-9-11(12)4-2;2*1-2/h3-5,7-10H,2,6H2,1H3;2*1-2H3/b8-3-;;. The van der Waals surface area contributed by atoms with Crippen LogP contribution in [-0.2, 0) is 0 Å². The molecule has 1 aliphatic carbocycles. The summed E-state index contributed by atoms with van der Waals surface area (Å²) in [5.41, 5.74) is 2.46. The second-order valence-corrected chi connectivity index (χ2v) is 2.65. The maximum atomic E-state index is 3.79. The molecule has 0 spiro atoms. The van der Waals surface area contributed by atoms with Gasteiger partial charge in [0.05, 0.1) is 0 Å². The summed E-state index contributed by atoms with van der Waals surface area (Å²) in [7, 11) is 0. The smallest absolute Gasteiger partial charge is 0.0157 e. The third-order valence-corrected chi connectivity index (χ3v) is 1.79. The third kappa shape index (κ3) is 7.05. The molecule has 0 heteroatoms. The molecule has 0 unspecified atom stereocenters. The predicted octanol–water partition coefficient (Wildman–Crippen LogP) is 5.61. The molecule has 0 saturated carbocycles. The highest BCUT2D eigenvalue weighted by atomic mass is 14.0. The van der Waals surface area contributed by atoms with Crippen molar-refractivity contribution in [2.75, 3.05) is 0 Å². The zero-order valence-electron chi connectivity index (χ0n) is 11.5. The highest BCUT2D eigenvalue weighted by molar-refractivity contribution is 5.48. The minimum absolute atomic E-state index is 0.999. The van der Waals surface area contributed by atoms with Crippen molar-refractivity contribution in [3.63, 3.8) is 0 Å². The summed E-state index contributed by atoms with van der Waals surface area (Å²) in [6.45, 7) is 13.8. The Kier molecular flexibility index (Phi) is 14.6. The molecular formula is C16H26. The van der Waals surface area contributed by atoms with Gasteiger partial charge in [0, 0.05) is 0 Å². The van der Waals surface area contributed by atoms with E-state index in [0.29, 0.717) is 0 Å². The quantitative estimate of drug-likeness (QED) is 0.565. The molecule has 0 saturated heterocycles. The maximum Gasteiger partial charge on any atom is -0.0157 e. The van der Waals surface area contributed by atoms with Gasteiger partial charge in [-0.3, -0.25) is 0 Å². The zero-order chi connectivity index (χ0) is 12.8. The van der Waals surface area contributed by atoms with Crippen molar-refractivity contribution >= 4 is 0 Å². The lowest BCUT2D eigenvalue weighted by Gasteiger charge is -1.99. The molecule has 90 valence electrons. The molecule has 0 amide bonds. The van der Waals surface area contributed by atoms with E-state index in [1.807, 2.05) is 46.8 Å². The lowest BCUT2D eigenvalue weighted by Crippen LogP contribution is -1.80. The molecule has 1 aliphatic rings. The van der Waals surface area contributed by atoms with Gasteiger partial charge in [-0.25, -0.2) is 0 Å². The first-order chi connectivity index (χ1) is 7.88. The minimum atomic E-state index is 0.999. The molecule has 0 aromatic rings. The summed E-state index contributed by atoms with van der Waals surface area (Å²) in [6, 6.07) is 0. The van der Waals surface area contributed by atoms with E-state index in [-0.39, 0.29) is 0 Å². The van der Waals surface area contributed by atoms with Gasteiger partial charge in [0.1, 0.15) is 0 Å². The van der Waals surface area contributed by atoms with E-state index in [4.69, 9.17) is 0 Å². The Labute approximate surface area is 102 Å². The first-order valence-electron chi connectivity index (χ1n) is 6.21. The first kappa shape index (κ1) is 17.1. The normalized spacial score (nSPS) is 13.6. The van der Waals surface area contributed by atoms with Gasteiger partial charge in [0.2, 0.25) is 0 Å². The molecule has 0 nitrogen and oxygen atoms in total. The van der Waals surface area contributed by atoms with E-state index in [1.165, 1.54) is 11.1 Å². The van der Waals surface area contributed by atoms with Gasteiger partial charge in [-0.2, -0.15) is 0 Å². The van der Waals surface area contributed by atoms with Crippen LogP contribution in [0.4, 0.5) is 0 Å². The Morgan fingerprint density at radius 3 is 2.25 bits per heavy atom. The highest BCUT2D eigenvalue weighted by Gasteiger charge is 1.97. The lowest BCUT2D eigenvalue weighted by molar-refractivity contribution is 1.37. The Balaban J connectivity index is 0. The summed E-state index contributed by atoms with van der Waals surface area (Å²) >= 11 is 0. The first-order valence-corrected chi connectivity index (χ1v) is 6.21. The molecule has 0 fully saturated rings. The Morgan fingerprint density at radius 1 is 1.12 bits per heavy atom. The van der Waals surface area contributed by atoms with Gasteiger partial charge in [0.15, 0.2) is 0 Å². The highest BCUT2D eigenvalue weighted by Crippen LogP contribution is 2.16. The molecule has 0 heterocycles. The lowest BCUT2D eigenvalue weighted by atomic mass is 10.1. The summed E-state index contributed by atoms with van der Waals surface area (Å²) in [4.78, 5) is 0. The van der Waals surface area contributed by atoms with E-state index in [9.17, 15) is 0 Å². The van der Waals surface area contributed by atoms with Gasteiger partial charge in [-0.15, -0.1) is 0 Å². The van der Waals surface area contributed by atoms with Crippen molar-refractivity contribution < 1.29 is 0 Å². The fourth-order valence-electron chi connectivity index (χ4n) is 1.19. The maximum absolute atomic E-state index is 3.79. The zero-order valence-corrected chi connectivity index (χ0v) is 11.5. The molecule has 0 N–H and O–H groups in total. The van der Waals surface area contributed by atoms with Crippen LogP contribution in [0, 0.1) is 0 Å². The van der Waals surface area contributed by atoms with Crippen LogP contribution in [0.3, 0.4) is 0 Å². The van der Waals surface area contributed by atoms with Crippen molar-refractivity contribution in [3.05, 3.63) is 60.3 Å². The van der Waals surface area contributed by atoms with Crippen LogP contribution >= 0.6 is 0 Å². The molecule has 0 bridgehead atoms. The molecule has 1 rings (SSSR count). The molecule has 0 aliphatic heterocycles. The number of hydrogen-bond donors (Lipinski definition) is 0. The van der Waals surface area contributed by atoms with Crippen LogP contribution in [-0.4, -0.2) is 0 Å². The molecule has 0 radical (unpaired) electrons. The van der Waals surface area contributed by atoms with Crippen molar-refractivity contribution in [2.24, 2.45) is 0 Å². The van der Waals surface area contributed by atoms with E-state index < -0.39 is 0 Å². The average Bonchev–Trinajstić information content (AvgIpc) is 2.60. The number of allylic oxidation sites excluding steroid dienone is 9. The number of hydrogen-bond acceptors (Lipinski definition) is 0. The van der Waals surface area contributed by atoms with Crippen LogP contribution in [0.5, 0.6) is 0 Å². The second kappa shape index (κ2) is 13.7. The van der Waals surface area contributed by atoms with Crippen molar-refractivity contribution in [1.82, 2.24) is 0 Å². The van der Waals surface area contributed by atoms with Gasteiger partial charge in [0.25, 0.3) is 0 Å². The SMILES string of the molecule is C=CC1=CCC=CC=C1/C=C\C.CC.CC. The molecule has 0 aromatic heterocycles. The monoisotopic (exact) mass is 218 g/mol. The van der Waals surface area contributed by atoms with Crippen LogP contribution in [0.1, 0.15) is 41.0 Å². The third-order valence-electron chi connectivity index (χ3n) is 1.79. The van der Waals surface area contributed by atoms with E-state index in [2.05, 4.69) is 37.0 Å². The van der Waals surface area contributed by atoms with Crippen molar-refractivity contribution in [3.8, 4) is 0 Å². The largest absolute Gasteiger partial charge is 0.0985 e. The van der Waals surface area contributed by atoms with Crippen LogP contribution < -0.4 is 0 Å². The van der Waals surface area contributed by atoms with Crippen molar-refractivity contribution in [2.45, 2.75) is 41.0 Å². The summed E-state index contributed by atoms with van der Waals surface area (Å²) in [5, 5.41) is 0. The summed E-state index contributed by atoms with van der Waals surface area (Å²) in [5.74, 6) is 0. The molecular weight excluding hydrogens is 192 g/mol. The topological polar surface area (TPSA) is 0 Å². The van der Waals surface area contributed by atoms with Gasteiger partial charge in [-0.05, 0) is 24.5 Å². The molecule has 0 atom stereocenters. The fourth-order valence-corrected chi connectivity index (χ4v) is 1.19. The summed E-state index contributed by atoms with van der Waals surface area (Å²) in [6.07, 6.45) is 15.6. The number of rotatable bonds is 2. The summed E-state index contributed by atoms with van der Waals surface area (Å²) < 4.78 is 0. The molecule has 16 heavy (non-hydrogen) atoms. The van der Waals surface area contributed by atoms with Gasteiger partial charge >= 0.3 is 0 Å². The second-order valence-electron chi connectivity index (χ2n) is 2.65. The minimum Gasteiger partial charge on any atom is -0.0985 e. The fraction of sp³-hybridized carbons (Fsp3) is 0.375. The van der Waals surface area contributed by atoms with Crippen LogP contribution in [0.25, 0.3) is 0 Å². The van der Waals surface area contributed by atoms with Crippen LogP contribution in [0.15, 0.2) is 60.3 Å². The Morgan fingerprint density at radius 2 is 1.75 bits per heavy atom. The van der Waals surface area contributed by atoms with E-state index in [1.54, 1.807) is 0 Å². The van der Waals surface area contributed by atoms with Crippen molar-refractivity contribution in [1.29, 1.82) is 0 Å². The predicted molar refractivity (Wildman–Crippen MR) is 77.6 cm³/mol. The average molecular weight is 218 g/mol. The van der Waals surface area contributed by atoms with E-state index >= 15 is 0 Å². The molecule has 0 aromatic carbocycles. The van der Waals surface area contributed by atoms with E-state index in [0.717, 1.165) is 6.42 Å². The van der Waals surface area contributed by atoms with Gasteiger partial charge < -0.3 is 0 Å². The Hall–Kier alpha value is -1.30. The van der Waals surface area contributed by atoms with Crippen LogP contribution in [0.2, 0.25) is 0 Å². The van der Waals surface area contributed by atoms with Gasteiger partial charge in [-0.1, -0.05) is 76.8 Å².